The molecule has 18 heavy (non-hydrogen) atoms. The van der Waals surface area contributed by atoms with Crippen LogP contribution in [0.1, 0.15) is 33.5 Å². The summed E-state index contributed by atoms with van der Waals surface area (Å²) in [5.41, 5.74) is 5.32. The van der Waals surface area contributed by atoms with Gasteiger partial charge >= 0.3 is 5.97 Å². The monoisotopic (exact) mass is 247 g/mol. The highest BCUT2D eigenvalue weighted by Gasteiger charge is 2.15. The van der Waals surface area contributed by atoms with E-state index in [0.717, 1.165) is 16.7 Å². The molecule has 1 N–H and O–H groups in total. The van der Waals surface area contributed by atoms with Crippen LogP contribution < -0.4 is 5.48 Å². The van der Waals surface area contributed by atoms with E-state index in [9.17, 15) is 9.59 Å². The first-order valence-electron chi connectivity index (χ1n) is 5.64. The molecular formula is C14H17NO3. The summed E-state index contributed by atoms with van der Waals surface area (Å²) in [6.07, 6.45) is 1.55. The van der Waals surface area contributed by atoms with Gasteiger partial charge in [0.2, 0.25) is 0 Å². The molecule has 1 rings (SSSR count). The number of nitrogens with one attached hydrogen (secondary N) is 1. The third kappa shape index (κ3) is 3.45. The summed E-state index contributed by atoms with van der Waals surface area (Å²) in [7, 11) is 0. The Morgan fingerprint density at radius 3 is 2.33 bits per heavy atom. The molecule has 0 atom stereocenters. The molecule has 0 heterocycles. The molecule has 4 heteroatoms. The van der Waals surface area contributed by atoms with Crippen molar-refractivity contribution in [2.24, 2.45) is 0 Å². The fourth-order valence-corrected chi connectivity index (χ4v) is 1.83. The highest BCUT2D eigenvalue weighted by atomic mass is 16.7. The molecular weight excluding hydrogens is 230 g/mol. The third-order valence-electron chi connectivity index (χ3n) is 2.47. The molecule has 0 saturated carbocycles. The van der Waals surface area contributed by atoms with Crippen LogP contribution in [0, 0.1) is 20.8 Å². The van der Waals surface area contributed by atoms with E-state index < -0.39 is 11.9 Å². The van der Waals surface area contributed by atoms with E-state index in [2.05, 4.69) is 12.1 Å². The third-order valence-corrected chi connectivity index (χ3v) is 2.47. The molecule has 0 aromatic heterocycles. The summed E-state index contributed by atoms with van der Waals surface area (Å²) in [5, 5.41) is 0. The summed E-state index contributed by atoms with van der Waals surface area (Å²) in [6, 6.07) is 3.80. The summed E-state index contributed by atoms with van der Waals surface area (Å²) < 4.78 is 0. The van der Waals surface area contributed by atoms with Gasteiger partial charge in [0.25, 0.3) is 5.91 Å². The van der Waals surface area contributed by atoms with Crippen molar-refractivity contribution in [3.05, 3.63) is 47.0 Å². The van der Waals surface area contributed by atoms with Gasteiger partial charge in [-0.3, -0.25) is 4.79 Å². The van der Waals surface area contributed by atoms with Crippen LogP contribution >= 0.6 is 0 Å². The Hall–Kier alpha value is -2.10. The van der Waals surface area contributed by atoms with Gasteiger partial charge in [-0.05, 0) is 31.9 Å². The molecule has 4 nitrogen and oxygen atoms in total. The number of hydrogen-bond acceptors (Lipinski definition) is 3. The van der Waals surface area contributed by atoms with Crippen LogP contribution in [0.4, 0.5) is 0 Å². The van der Waals surface area contributed by atoms with Crippen LogP contribution in [0.3, 0.4) is 0 Å². The van der Waals surface area contributed by atoms with Crippen LogP contribution in [0.25, 0.3) is 0 Å². The number of benzene rings is 1. The van der Waals surface area contributed by atoms with E-state index in [4.69, 9.17) is 4.84 Å². The first-order valence-corrected chi connectivity index (χ1v) is 5.64. The summed E-state index contributed by atoms with van der Waals surface area (Å²) in [5.74, 6) is -0.955. The zero-order valence-electron chi connectivity index (χ0n) is 10.9. The largest absolute Gasteiger partial charge is 0.363 e. The Bertz CT molecular complexity index is 469. The van der Waals surface area contributed by atoms with Crippen molar-refractivity contribution in [1.82, 2.24) is 5.48 Å². The van der Waals surface area contributed by atoms with Gasteiger partial charge in [-0.1, -0.05) is 23.8 Å². The fourth-order valence-electron chi connectivity index (χ4n) is 1.83. The van der Waals surface area contributed by atoms with E-state index in [1.54, 1.807) is 0 Å². The topological polar surface area (TPSA) is 55.4 Å². The van der Waals surface area contributed by atoms with Gasteiger partial charge in [-0.25, -0.2) is 4.79 Å². The second kappa shape index (κ2) is 6.00. The van der Waals surface area contributed by atoms with Crippen molar-refractivity contribution in [2.45, 2.75) is 27.2 Å². The highest BCUT2D eigenvalue weighted by molar-refractivity contribution is 5.93. The average molecular weight is 247 g/mol. The molecule has 0 aliphatic heterocycles. The van der Waals surface area contributed by atoms with Crippen molar-refractivity contribution in [1.29, 1.82) is 0 Å². The SMILES string of the molecule is C=CCC(=O)NOC(=O)c1c(C)cc(C)cc1C. The minimum atomic E-state index is -0.553. The molecule has 0 radical (unpaired) electrons. The maximum atomic E-state index is 11.8. The van der Waals surface area contributed by atoms with Gasteiger partial charge < -0.3 is 4.84 Å². The average Bonchev–Trinajstić information content (AvgIpc) is 2.25. The van der Waals surface area contributed by atoms with Crippen molar-refractivity contribution in [3.63, 3.8) is 0 Å². The number of rotatable bonds is 3. The lowest BCUT2D eigenvalue weighted by Crippen LogP contribution is -2.27. The molecule has 0 unspecified atom stereocenters. The van der Waals surface area contributed by atoms with Crippen LogP contribution in [0.2, 0.25) is 0 Å². The maximum Gasteiger partial charge on any atom is 0.363 e. The fraction of sp³-hybridized carbons (Fsp3) is 0.286. The molecule has 0 saturated heterocycles. The second-order valence-corrected chi connectivity index (χ2v) is 4.18. The Balaban J connectivity index is 2.79. The Labute approximate surface area is 107 Å². The van der Waals surface area contributed by atoms with Crippen LogP contribution in [-0.4, -0.2) is 11.9 Å². The number of amides is 1. The molecule has 96 valence electrons. The molecule has 0 fully saturated rings. The molecule has 0 aliphatic rings. The first-order chi connectivity index (χ1) is 8.45. The Morgan fingerprint density at radius 2 is 1.83 bits per heavy atom. The minimum absolute atomic E-state index is 0.110. The molecule has 0 spiro atoms. The lowest BCUT2D eigenvalue weighted by Gasteiger charge is -2.10. The predicted molar refractivity (Wildman–Crippen MR) is 69.0 cm³/mol. The summed E-state index contributed by atoms with van der Waals surface area (Å²) >= 11 is 0. The van der Waals surface area contributed by atoms with Gasteiger partial charge in [0, 0.05) is 6.42 Å². The lowest BCUT2D eigenvalue weighted by atomic mass is 10.0. The van der Waals surface area contributed by atoms with E-state index >= 15 is 0 Å². The van der Waals surface area contributed by atoms with E-state index in [1.807, 2.05) is 32.9 Å². The van der Waals surface area contributed by atoms with Crippen molar-refractivity contribution >= 4 is 11.9 Å². The first kappa shape index (κ1) is 14.0. The predicted octanol–water partition coefficient (Wildman–Crippen LogP) is 2.38. The summed E-state index contributed by atoms with van der Waals surface area (Å²) in [6.45, 7) is 9.05. The second-order valence-electron chi connectivity index (χ2n) is 4.18. The molecule has 1 aromatic rings. The van der Waals surface area contributed by atoms with E-state index in [-0.39, 0.29) is 6.42 Å². The zero-order chi connectivity index (χ0) is 13.7. The minimum Gasteiger partial charge on any atom is -0.335 e. The van der Waals surface area contributed by atoms with Gasteiger partial charge in [-0.15, -0.1) is 6.58 Å². The van der Waals surface area contributed by atoms with Gasteiger partial charge in [0.15, 0.2) is 0 Å². The van der Waals surface area contributed by atoms with Gasteiger partial charge in [0.1, 0.15) is 0 Å². The van der Waals surface area contributed by atoms with Gasteiger partial charge in [-0.2, -0.15) is 5.48 Å². The zero-order valence-corrected chi connectivity index (χ0v) is 10.9. The number of hydroxylamine groups is 1. The van der Waals surface area contributed by atoms with Gasteiger partial charge in [0.05, 0.1) is 5.56 Å². The normalized spacial score (nSPS) is 9.72. The van der Waals surface area contributed by atoms with E-state index in [1.165, 1.54) is 6.08 Å². The number of carbonyl (C=O) groups is 2. The standard InChI is InChI=1S/C14H17NO3/c1-5-6-12(16)15-18-14(17)13-10(3)7-9(2)8-11(13)4/h5,7-8H,1,6H2,2-4H3,(H,15,16). The van der Waals surface area contributed by atoms with Crippen LogP contribution in [0.5, 0.6) is 0 Å². The number of carbonyl (C=O) groups excluding carboxylic acids is 2. The lowest BCUT2D eigenvalue weighted by molar-refractivity contribution is -0.129. The van der Waals surface area contributed by atoms with Crippen molar-refractivity contribution < 1.29 is 14.4 Å². The molecule has 1 aromatic carbocycles. The summed E-state index contributed by atoms with van der Waals surface area (Å²) in [4.78, 5) is 27.7. The van der Waals surface area contributed by atoms with Crippen molar-refractivity contribution in [3.8, 4) is 0 Å². The van der Waals surface area contributed by atoms with Crippen LogP contribution in [0.15, 0.2) is 24.8 Å². The smallest absolute Gasteiger partial charge is 0.335 e. The highest BCUT2D eigenvalue weighted by Crippen LogP contribution is 2.16. The Morgan fingerprint density at radius 1 is 1.28 bits per heavy atom. The van der Waals surface area contributed by atoms with E-state index in [0.29, 0.717) is 5.56 Å². The number of hydrogen-bond donors (Lipinski definition) is 1. The van der Waals surface area contributed by atoms with Crippen molar-refractivity contribution in [2.75, 3.05) is 0 Å². The molecule has 0 bridgehead atoms. The Kier molecular flexibility index (Phi) is 4.66. The molecule has 0 aliphatic carbocycles. The molecule has 1 amide bonds. The maximum absolute atomic E-state index is 11.8. The number of aryl methyl sites for hydroxylation is 3. The van der Waals surface area contributed by atoms with Crippen LogP contribution in [-0.2, 0) is 9.63 Å². The quantitative estimate of drug-likeness (QED) is 0.659.